The van der Waals surface area contributed by atoms with E-state index in [4.69, 9.17) is 4.42 Å². The van der Waals surface area contributed by atoms with E-state index >= 15 is 0 Å². The summed E-state index contributed by atoms with van der Waals surface area (Å²) < 4.78 is 5.68. The molecule has 0 bridgehead atoms. The summed E-state index contributed by atoms with van der Waals surface area (Å²) in [6.07, 6.45) is 5.50. The Balaban J connectivity index is 1.89. The number of rotatable bonds is 7. The fourth-order valence-corrected chi connectivity index (χ4v) is 3.37. The molecular weight excluding hydrogens is 236 g/mol. The average molecular weight is 264 g/mol. The van der Waals surface area contributed by atoms with Crippen LogP contribution >= 0.6 is 0 Å². The van der Waals surface area contributed by atoms with Gasteiger partial charge in [0.25, 0.3) is 0 Å². The van der Waals surface area contributed by atoms with Crippen molar-refractivity contribution in [2.75, 3.05) is 26.7 Å². The third-order valence-electron chi connectivity index (χ3n) is 4.24. The molecule has 1 aromatic rings. The lowest BCUT2D eigenvalue weighted by Gasteiger charge is -2.33. The number of nitrogens with zero attached hydrogens (tertiary/aromatic N) is 1. The molecule has 19 heavy (non-hydrogen) atoms. The van der Waals surface area contributed by atoms with Crippen molar-refractivity contribution < 1.29 is 4.42 Å². The van der Waals surface area contributed by atoms with Gasteiger partial charge in [-0.2, -0.15) is 0 Å². The molecule has 0 aromatic carbocycles. The van der Waals surface area contributed by atoms with E-state index in [1.54, 1.807) is 0 Å². The minimum atomic E-state index is 0.479. The Morgan fingerprint density at radius 2 is 2.05 bits per heavy atom. The molecule has 0 atom stereocenters. The highest BCUT2D eigenvalue weighted by atomic mass is 16.3. The van der Waals surface area contributed by atoms with Crippen LogP contribution in [0.15, 0.2) is 16.5 Å². The second kappa shape index (κ2) is 6.58. The lowest BCUT2D eigenvalue weighted by atomic mass is 9.85. The van der Waals surface area contributed by atoms with Gasteiger partial charge in [0.05, 0.1) is 6.54 Å². The van der Waals surface area contributed by atoms with Crippen LogP contribution in [0.2, 0.25) is 0 Å². The Kier molecular flexibility index (Phi) is 5.06. The lowest BCUT2D eigenvalue weighted by molar-refractivity contribution is 0.160. The predicted octanol–water partition coefficient (Wildman–Crippen LogP) is 3.19. The summed E-state index contributed by atoms with van der Waals surface area (Å²) in [5.74, 6) is 2.09. The predicted molar refractivity (Wildman–Crippen MR) is 79.2 cm³/mol. The van der Waals surface area contributed by atoms with E-state index in [0.717, 1.165) is 31.2 Å². The van der Waals surface area contributed by atoms with Crippen molar-refractivity contribution in [2.24, 2.45) is 5.41 Å². The van der Waals surface area contributed by atoms with Gasteiger partial charge in [0.2, 0.25) is 0 Å². The second-order valence-corrected chi connectivity index (χ2v) is 6.17. The molecule has 2 rings (SSSR count). The molecule has 1 heterocycles. The fraction of sp³-hybridized carbons (Fsp3) is 0.750. The first kappa shape index (κ1) is 14.6. The normalized spacial score (nSPS) is 18.3. The summed E-state index contributed by atoms with van der Waals surface area (Å²) in [7, 11) is 2.21. The molecule has 0 amide bonds. The Labute approximate surface area is 117 Å². The monoisotopic (exact) mass is 264 g/mol. The average Bonchev–Trinajstić information content (AvgIpc) is 2.97. The molecule has 0 unspecified atom stereocenters. The van der Waals surface area contributed by atoms with Gasteiger partial charge in [-0.1, -0.05) is 19.8 Å². The van der Waals surface area contributed by atoms with Gasteiger partial charge in [-0.3, -0.25) is 4.90 Å². The van der Waals surface area contributed by atoms with E-state index in [1.165, 1.54) is 32.2 Å². The van der Waals surface area contributed by atoms with Crippen LogP contribution in [0.1, 0.15) is 44.1 Å². The smallest absolute Gasteiger partial charge is 0.118 e. The van der Waals surface area contributed by atoms with Crippen molar-refractivity contribution in [3.8, 4) is 0 Å². The zero-order valence-electron chi connectivity index (χ0n) is 12.7. The lowest BCUT2D eigenvalue weighted by Crippen LogP contribution is -2.41. The van der Waals surface area contributed by atoms with E-state index in [-0.39, 0.29) is 0 Å². The maximum atomic E-state index is 5.68. The number of aryl methyl sites for hydroxylation is 1. The minimum Gasteiger partial charge on any atom is -0.465 e. The van der Waals surface area contributed by atoms with Crippen molar-refractivity contribution in [3.05, 3.63) is 23.7 Å². The molecule has 0 aliphatic heterocycles. The molecule has 1 saturated carbocycles. The number of hydrogen-bond acceptors (Lipinski definition) is 3. The number of furan rings is 1. The van der Waals surface area contributed by atoms with E-state index in [0.29, 0.717) is 5.41 Å². The largest absolute Gasteiger partial charge is 0.465 e. The fourth-order valence-electron chi connectivity index (χ4n) is 3.37. The molecule has 0 radical (unpaired) electrons. The molecule has 0 spiro atoms. The van der Waals surface area contributed by atoms with Crippen LogP contribution in [-0.2, 0) is 6.54 Å². The van der Waals surface area contributed by atoms with Crippen LogP contribution in [0.5, 0.6) is 0 Å². The van der Waals surface area contributed by atoms with Gasteiger partial charge < -0.3 is 9.73 Å². The van der Waals surface area contributed by atoms with Crippen molar-refractivity contribution in [1.29, 1.82) is 0 Å². The molecular formula is C16H28N2O. The van der Waals surface area contributed by atoms with Crippen molar-refractivity contribution in [2.45, 2.75) is 46.1 Å². The molecule has 0 saturated heterocycles. The topological polar surface area (TPSA) is 28.4 Å². The van der Waals surface area contributed by atoms with Crippen LogP contribution in [0.25, 0.3) is 0 Å². The number of nitrogens with one attached hydrogen (secondary N) is 1. The SMILES string of the molecule is CCNCC1(CN(C)Cc2ccc(C)o2)CCCC1. The third kappa shape index (κ3) is 4.08. The van der Waals surface area contributed by atoms with Gasteiger partial charge in [0.15, 0.2) is 0 Å². The van der Waals surface area contributed by atoms with Gasteiger partial charge in [-0.15, -0.1) is 0 Å². The summed E-state index contributed by atoms with van der Waals surface area (Å²) in [6.45, 7) is 8.51. The third-order valence-corrected chi connectivity index (χ3v) is 4.24. The van der Waals surface area contributed by atoms with E-state index in [9.17, 15) is 0 Å². The van der Waals surface area contributed by atoms with Crippen molar-refractivity contribution in [1.82, 2.24) is 10.2 Å². The summed E-state index contributed by atoms with van der Waals surface area (Å²) in [6, 6.07) is 4.14. The standard InChI is InChI=1S/C16H28N2O/c1-4-17-12-16(9-5-6-10-16)13-18(3)11-15-8-7-14(2)19-15/h7-8,17H,4-6,9-13H2,1-3H3. The summed E-state index contributed by atoms with van der Waals surface area (Å²) in [5, 5.41) is 3.55. The maximum absolute atomic E-state index is 5.68. The Hall–Kier alpha value is -0.800. The second-order valence-electron chi connectivity index (χ2n) is 6.17. The molecule has 1 aliphatic rings. The van der Waals surface area contributed by atoms with Crippen molar-refractivity contribution in [3.63, 3.8) is 0 Å². The minimum absolute atomic E-state index is 0.479. The zero-order valence-corrected chi connectivity index (χ0v) is 12.7. The van der Waals surface area contributed by atoms with Gasteiger partial charge in [0.1, 0.15) is 11.5 Å². The Bertz CT molecular complexity index is 380. The van der Waals surface area contributed by atoms with Crippen LogP contribution in [0.3, 0.4) is 0 Å². The molecule has 3 heteroatoms. The number of hydrogen-bond donors (Lipinski definition) is 1. The summed E-state index contributed by atoms with van der Waals surface area (Å²) >= 11 is 0. The zero-order chi connectivity index (χ0) is 13.7. The van der Waals surface area contributed by atoms with Gasteiger partial charge in [0, 0.05) is 13.1 Å². The summed E-state index contributed by atoms with van der Waals surface area (Å²) in [4.78, 5) is 2.42. The molecule has 1 N–H and O–H groups in total. The highest BCUT2D eigenvalue weighted by Gasteiger charge is 2.34. The molecule has 1 aromatic heterocycles. The van der Waals surface area contributed by atoms with Crippen LogP contribution in [0, 0.1) is 12.3 Å². The van der Waals surface area contributed by atoms with Crippen LogP contribution < -0.4 is 5.32 Å². The highest BCUT2D eigenvalue weighted by molar-refractivity contribution is 5.05. The van der Waals surface area contributed by atoms with Gasteiger partial charge in [-0.05, 0) is 50.9 Å². The van der Waals surface area contributed by atoms with E-state index < -0.39 is 0 Å². The van der Waals surface area contributed by atoms with Gasteiger partial charge >= 0.3 is 0 Å². The maximum Gasteiger partial charge on any atom is 0.118 e. The van der Waals surface area contributed by atoms with Gasteiger partial charge in [-0.25, -0.2) is 0 Å². The van der Waals surface area contributed by atoms with Crippen molar-refractivity contribution >= 4 is 0 Å². The van der Waals surface area contributed by atoms with E-state index in [2.05, 4.69) is 30.3 Å². The molecule has 3 nitrogen and oxygen atoms in total. The Morgan fingerprint density at radius 3 is 2.63 bits per heavy atom. The first-order valence-corrected chi connectivity index (χ1v) is 7.58. The first-order valence-electron chi connectivity index (χ1n) is 7.58. The molecule has 1 aliphatic carbocycles. The summed E-state index contributed by atoms with van der Waals surface area (Å²) in [5.41, 5.74) is 0.479. The van der Waals surface area contributed by atoms with Crippen LogP contribution in [-0.4, -0.2) is 31.6 Å². The molecule has 108 valence electrons. The molecule has 1 fully saturated rings. The highest BCUT2D eigenvalue weighted by Crippen LogP contribution is 2.38. The quantitative estimate of drug-likeness (QED) is 0.820. The van der Waals surface area contributed by atoms with Crippen LogP contribution in [0.4, 0.5) is 0 Å². The van der Waals surface area contributed by atoms with E-state index in [1.807, 2.05) is 13.0 Å². The first-order chi connectivity index (χ1) is 9.13. The Morgan fingerprint density at radius 1 is 1.32 bits per heavy atom.